The van der Waals surface area contributed by atoms with Gasteiger partial charge in [-0.1, -0.05) is 12.1 Å². The Morgan fingerprint density at radius 3 is 2.61 bits per heavy atom. The van der Waals surface area contributed by atoms with Gasteiger partial charge in [-0.05, 0) is 26.0 Å². The van der Waals surface area contributed by atoms with Crippen LogP contribution in [0.15, 0.2) is 24.3 Å². The highest BCUT2D eigenvalue weighted by atomic mass is 16.5. The minimum Gasteiger partial charge on any atom is -0.492 e. The molecule has 1 aromatic rings. The number of carbonyl (C=O) groups excluding carboxylic acids is 2. The zero-order valence-electron chi connectivity index (χ0n) is 10.8. The van der Waals surface area contributed by atoms with Crippen molar-refractivity contribution in [1.29, 1.82) is 0 Å². The third kappa shape index (κ3) is 4.08. The lowest BCUT2D eigenvalue weighted by molar-refractivity contribution is -0.124. The zero-order valence-corrected chi connectivity index (χ0v) is 10.8. The molecule has 5 heteroatoms. The van der Waals surface area contributed by atoms with Crippen molar-refractivity contribution in [3.8, 4) is 5.75 Å². The minimum atomic E-state index is -0.586. The van der Waals surface area contributed by atoms with Gasteiger partial charge in [0.1, 0.15) is 11.8 Å². The second-order valence-electron chi connectivity index (χ2n) is 3.84. The number of amides is 2. The van der Waals surface area contributed by atoms with E-state index in [1.54, 1.807) is 25.1 Å². The summed E-state index contributed by atoms with van der Waals surface area (Å²) in [6, 6.07) is 6.59. The molecular formula is C13H18N2O3. The van der Waals surface area contributed by atoms with Gasteiger partial charge in [0, 0.05) is 6.92 Å². The number of benzene rings is 1. The predicted molar refractivity (Wildman–Crippen MR) is 69.5 cm³/mol. The summed E-state index contributed by atoms with van der Waals surface area (Å²) in [5, 5.41) is 5.24. The number of para-hydroxylation sites is 2. The fourth-order valence-corrected chi connectivity index (χ4v) is 1.46. The lowest BCUT2D eigenvalue weighted by Gasteiger charge is -2.15. The molecule has 5 nitrogen and oxygen atoms in total. The van der Waals surface area contributed by atoms with Crippen LogP contribution in [0.4, 0.5) is 5.69 Å². The maximum absolute atomic E-state index is 11.8. The molecule has 98 valence electrons. The molecule has 0 heterocycles. The fraction of sp³-hybridized carbons (Fsp3) is 0.385. The van der Waals surface area contributed by atoms with Crippen LogP contribution in [0.5, 0.6) is 5.75 Å². The van der Waals surface area contributed by atoms with Crippen LogP contribution in [0, 0.1) is 0 Å². The molecule has 0 bridgehead atoms. The van der Waals surface area contributed by atoms with Crippen molar-refractivity contribution in [1.82, 2.24) is 5.32 Å². The third-order valence-electron chi connectivity index (χ3n) is 2.26. The first-order valence-corrected chi connectivity index (χ1v) is 5.84. The van der Waals surface area contributed by atoms with Gasteiger partial charge in [-0.25, -0.2) is 0 Å². The number of hydrogen-bond donors (Lipinski definition) is 2. The molecule has 0 aliphatic heterocycles. The van der Waals surface area contributed by atoms with Gasteiger partial charge in [0.2, 0.25) is 11.8 Å². The first-order valence-electron chi connectivity index (χ1n) is 5.84. The fourth-order valence-electron chi connectivity index (χ4n) is 1.46. The van der Waals surface area contributed by atoms with E-state index >= 15 is 0 Å². The number of hydrogen-bond acceptors (Lipinski definition) is 3. The largest absolute Gasteiger partial charge is 0.492 e. The summed E-state index contributed by atoms with van der Waals surface area (Å²) < 4.78 is 5.40. The average molecular weight is 250 g/mol. The normalized spacial score (nSPS) is 11.5. The predicted octanol–water partition coefficient (Wildman–Crippen LogP) is 1.55. The van der Waals surface area contributed by atoms with Crippen LogP contribution < -0.4 is 15.4 Å². The van der Waals surface area contributed by atoms with Gasteiger partial charge in [0.05, 0.1) is 12.3 Å². The van der Waals surface area contributed by atoms with E-state index < -0.39 is 6.04 Å². The average Bonchev–Trinajstić information content (AvgIpc) is 2.31. The molecule has 0 spiro atoms. The van der Waals surface area contributed by atoms with Crippen LogP contribution in [-0.4, -0.2) is 24.5 Å². The lowest BCUT2D eigenvalue weighted by atomic mass is 10.2. The van der Waals surface area contributed by atoms with E-state index in [0.717, 1.165) is 0 Å². The summed E-state index contributed by atoms with van der Waals surface area (Å²) in [6.45, 7) is 5.39. The van der Waals surface area contributed by atoms with Crippen molar-refractivity contribution >= 4 is 17.5 Å². The van der Waals surface area contributed by atoms with Crippen molar-refractivity contribution in [3.05, 3.63) is 24.3 Å². The van der Waals surface area contributed by atoms with Crippen molar-refractivity contribution in [3.63, 3.8) is 0 Å². The molecule has 0 saturated carbocycles. The second-order valence-corrected chi connectivity index (χ2v) is 3.84. The first kappa shape index (κ1) is 14.0. The Labute approximate surface area is 107 Å². The highest BCUT2D eigenvalue weighted by molar-refractivity contribution is 5.97. The third-order valence-corrected chi connectivity index (χ3v) is 2.26. The molecule has 1 rings (SSSR count). The number of nitrogens with one attached hydrogen (secondary N) is 2. The maximum Gasteiger partial charge on any atom is 0.246 e. The summed E-state index contributed by atoms with van der Waals surface area (Å²) in [5.41, 5.74) is 0.599. The van der Waals surface area contributed by atoms with Gasteiger partial charge in [0.15, 0.2) is 0 Å². The summed E-state index contributed by atoms with van der Waals surface area (Å²) in [5.74, 6) is 0.0940. The van der Waals surface area contributed by atoms with Gasteiger partial charge in [0.25, 0.3) is 0 Å². The zero-order chi connectivity index (χ0) is 13.5. The van der Waals surface area contributed by atoms with Crippen LogP contribution >= 0.6 is 0 Å². The summed E-state index contributed by atoms with van der Waals surface area (Å²) in [7, 11) is 0. The van der Waals surface area contributed by atoms with E-state index in [9.17, 15) is 9.59 Å². The van der Waals surface area contributed by atoms with Crippen LogP contribution in [-0.2, 0) is 9.59 Å². The number of ether oxygens (including phenoxy) is 1. The Balaban J connectivity index is 2.72. The summed E-state index contributed by atoms with van der Waals surface area (Å²) in [4.78, 5) is 22.7. The van der Waals surface area contributed by atoms with Crippen molar-refractivity contribution in [2.45, 2.75) is 26.8 Å². The number of anilines is 1. The molecule has 0 saturated heterocycles. The Bertz CT molecular complexity index is 432. The Hall–Kier alpha value is -2.04. The van der Waals surface area contributed by atoms with E-state index in [1.165, 1.54) is 6.92 Å². The molecule has 0 fully saturated rings. The lowest BCUT2D eigenvalue weighted by Crippen LogP contribution is -2.40. The van der Waals surface area contributed by atoms with E-state index in [4.69, 9.17) is 4.74 Å². The monoisotopic (exact) mass is 250 g/mol. The smallest absolute Gasteiger partial charge is 0.246 e. The molecular weight excluding hydrogens is 232 g/mol. The molecule has 1 unspecified atom stereocenters. The number of rotatable bonds is 5. The van der Waals surface area contributed by atoms with Gasteiger partial charge >= 0.3 is 0 Å². The van der Waals surface area contributed by atoms with Crippen molar-refractivity contribution < 1.29 is 14.3 Å². The van der Waals surface area contributed by atoms with E-state index in [1.807, 2.05) is 13.0 Å². The maximum atomic E-state index is 11.8. The second kappa shape index (κ2) is 6.64. The standard InChI is InChI=1S/C13H18N2O3/c1-4-18-12-8-6-5-7-11(12)15-13(17)9(2)14-10(3)16/h5-9H,4H2,1-3H3,(H,14,16)(H,15,17). The molecule has 1 aromatic carbocycles. The Morgan fingerprint density at radius 1 is 1.33 bits per heavy atom. The summed E-state index contributed by atoms with van der Waals surface area (Å²) >= 11 is 0. The van der Waals surface area contributed by atoms with E-state index in [-0.39, 0.29) is 11.8 Å². The summed E-state index contributed by atoms with van der Waals surface area (Å²) in [6.07, 6.45) is 0. The topological polar surface area (TPSA) is 67.4 Å². The van der Waals surface area contributed by atoms with E-state index in [0.29, 0.717) is 18.0 Å². The van der Waals surface area contributed by atoms with Crippen LogP contribution in [0.3, 0.4) is 0 Å². The van der Waals surface area contributed by atoms with Gasteiger partial charge in [-0.15, -0.1) is 0 Å². The van der Waals surface area contributed by atoms with Crippen molar-refractivity contribution in [2.24, 2.45) is 0 Å². The molecule has 0 aromatic heterocycles. The molecule has 0 aliphatic carbocycles. The highest BCUT2D eigenvalue weighted by Crippen LogP contribution is 2.23. The molecule has 0 aliphatic rings. The highest BCUT2D eigenvalue weighted by Gasteiger charge is 2.15. The van der Waals surface area contributed by atoms with Gasteiger partial charge < -0.3 is 15.4 Å². The van der Waals surface area contributed by atoms with Crippen LogP contribution in [0.2, 0.25) is 0 Å². The molecule has 18 heavy (non-hydrogen) atoms. The minimum absolute atomic E-state index is 0.240. The molecule has 1 atom stereocenters. The van der Waals surface area contributed by atoms with Gasteiger partial charge in [-0.2, -0.15) is 0 Å². The SMILES string of the molecule is CCOc1ccccc1NC(=O)C(C)NC(C)=O. The Morgan fingerprint density at radius 2 is 2.00 bits per heavy atom. The quantitative estimate of drug-likeness (QED) is 0.833. The molecule has 2 N–H and O–H groups in total. The number of carbonyl (C=O) groups is 2. The Kier molecular flexibility index (Phi) is 5.17. The first-order chi connectivity index (χ1) is 8.54. The van der Waals surface area contributed by atoms with Crippen LogP contribution in [0.1, 0.15) is 20.8 Å². The van der Waals surface area contributed by atoms with Crippen molar-refractivity contribution in [2.75, 3.05) is 11.9 Å². The molecule has 2 amide bonds. The molecule has 0 radical (unpaired) electrons. The van der Waals surface area contributed by atoms with E-state index in [2.05, 4.69) is 10.6 Å². The van der Waals surface area contributed by atoms with Crippen LogP contribution in [0.25, 0.3) is 0 Å². The van der Waals surface area contributed by atoms with Gasteiger partial charge in [-0.3, -0.25) is 9.59 Å².